The molecule has 0 aliphatic carbocycles. The van der Waals surface area contributed by atoms with Crippen LogP contribution in [0.5, 0.6) is 5.75 Å². The topological polar surface area (TPSA) is 70.1 Å². The Morgan fingerprint density at radius 1 is 1.09 bits per heavy atom. The number of methoxy groups -OCH3 is 1. The third-order valence-electron chi connectivity index (χ3n) is 3.59. The summed E-state index contributed by atoms with van der Waals surface area (Å²) in [6.45, 7) is 1.94. The molecule has 0 unspecified atom stereocenters. The minimum atomic E-state index is 0.742. The second-order valence-corrected chi connectivity index (χ2v) is 6.36. The van der Waals surface area contributed by atoms with Crippen molar-refractivity contribution < 1.29 is 4.74 Å². The van der Waals surface area contributed by atoms with Crippen LogP contribution in [0.2, 0.25) is 0 Å². The molecule has 0 saturated carbocycles. The Morgan fingerprint density at radius 2 is 1.96 bits per heavy atom. The third-order valence-corrected chi connectivity index (χ3v) is 4.46. The lowest BCUT2D eigenvalue weighted by atomic mass is 10.1. The highest BCUT2D eigenvalue weighted by atomic mass is 32.1. The highest BCUT2D eigenvalue weighted by Gasteiger charge is 2.17. The van der Waals surface area contributed by atoms with E-state index >= 15 is 0 Å². The van der Waals surface area contributed by atoms with Gasteiger partial charge in [-0.15, -0.1) is 10.2 Å². The molecule has 7 nitrogen and oxygen atoms in total. The van der Waals surface area contributed by atoms with E-state index in [1.165, 1.54) is 11.3 Å². The van der Waals surface area contributed by atoms with Gasteiger partial charge in [0.1, 0.15) is 16.3 Å². The average Bonchev–Trinajstić information content (AvgIpc) is 3.25. The predicted octanol–water partition coefficient (Wildman–Crippen LogP) is 2.57. The lowest BCUT2D eigenvalue weighted by Crippen LogP contribution is -1.94. The van der Waals surface area contributed by atoms with Crippen molar-refractivity contribution in [2.24, 2.45) is 7.05 Å². The van der Waals surface area contributed by atoms with E-state index in [0.29, 0.717) is 0 Å². The van der Waals surface area contributed by atoms with Crippen molar-refractivity contribution in [2.45, 2.75) is 6.92 Å². The molecule has 0 atom stereocenters. The SMILES string of the molecule is COc1cc(-c2cnn(C)c2)cn2ncc(-c3nnc(C)s3)c12. The quantitative estimate of drug-likeness (QED) is 0.579. The number of aryl methyl sites for hydroxylation is 2. The van der Waals surface area contributed by atoms with Gasteiger partial charge in [-0.25, -0.2) is 4.52 Å². The number of nitrogens with zero attached hydrogens (tertiary/aromatic N) is 6. The van der Waals surface area contributed by atoms with Crippen LogP contribution in [0, 0.1) is 6.92 Å². The maximum absolute atomic E-state index is 5.59. The van der Waals surface area contributed by atoms with Gasteiger partial charge in [-0.3, -0.25) is 4.68 Å². The summed E-state index contributed by atoms with van der Waals surface area (Å²) in [6, 6.07) is 1.99. The molecule has 0 bridgehead atoms. The van der Waals surface area contributed by atoms with E-state index in [2.05, 4.69) is 20.4 Å². The molecule has 0 radical (unpaired) electrons. The number of hydrogen-bond donors (Lipinski definition) is 0. The minimum Gasteiger partial charge on any atom is -0.494 e. The van der Waals surface area contributed by atoms with Crippen LogP contribution in [0.25, 0.3) is 27.2 Å². The zero-order valence-electron chi connectivity index (χ0n) is 12.9. The lowest BCUT2D eigenvalue weighted by molar-refractivity contribution is 0.418. The first kappa shape index (κ1) is 13.9. The minimum absolute atomic E-state index is 0.742. The first-order valence-corrected chi connectivity index (χ1v) is 7.82. The van der Waals surface area contributed by atoms with Crippen LogP contribution in [0.15, 0.2) is 30.9 Å². The van der Waals surface area contributed by atoms with E-state index in [4.69, 9.17) is 4.74 Å². The standard InChI is InChI=1S/C15H14N6OS/c1-9-18-19-15(23-9)12-6-17-21-8-10(4-13(22-3)14(12)21)11-5-16-20(2)7-11/h4-8H,1-3H3. The number of ether oxygens (including phenoxy) is 1. The van der Waals surface area contributed by atoms with E-state index in [1.54, 1.807) is 18.0 Å². The Balaban J connectivity index is 1.93. The van der Waals surface area contributed by atoms with Gasteiger partial charge in [0.2, 0.25) is 0 Å². The normalized spacial score (nSPS) is 11.3. The Kier molecular flexibility index (Phi) is 3.12. The molecule has 116 valence electrons. The van der Waals surface area contributed by atoms with Crippen LogP contribution in [0.4, 0.5) is 0 Å². The molecule has 0 N–H and O–H groups in total. The van der Waals surface area contributed by atoms with Crippen molar-refractivity contribution >= 4 is 16.9 Å². The van der Waals surface area contributed by atoms with E-state index in [1.807, 2.05) is 43.1 Å². The molecular weight excluding hydrogens is 312 g/mol. The van der Waals surface area contributed by atoms with Gasteiger partial charge >= 0.3 is 0 Å². The summed E-state index contributed by atoms with van der Waals surface area (Å²) >= 11 is 1.54. The zero-order valence-corrected chi connectivity index (χ0v) is 13.7. The number of aromatic nitrogens is 6. The fourth-order valence-corrected chi connectivity index (χ4v) is 3.23. The number of fused-ring (bicyclic) bond motifs is 1. The third kappa shape index (κ3) is 2.27. The highest BCUT2D eigenvalue weighted by molar-refractivity contribution is 7.14. The fraction of sp³-hybridized carbons (Fsp3) is 0.200. The monoisotopic (exact) mass is 326 g/mol. The summed E-state index contributed by atoms with van der Waals surface area (Å²) in [7, 11) is 3.55. The van der Waals surface area contributed by atoms with Gasteiger partial charge in [0.15, 0.2) is 5.01 Å². The molecule has 0 aliphatic rings. The molecule has 0 spiro atoms. The largest absolute Gasteiger partial charge is 0.494 e. The Hall–Kier alpha value is -2.74. The summed E-state index contributed by atoms with van der Waals surface area (Å²) in [5, 5.41) is 18.7. The van der Waals surface area contributed by atoms with Gasteiger partial charge in [0.05, 0.1) is 25.1 Å². The van der Waals surface area contributed by atoms with Crippen LogP contribution in [0.3, 0.4) is 0 Å². The second-order valence-electron chi connectivity index (χ2n) is 5.18. The Morgan fingerprint density at radius 3 is 2.61 bits per heavy atom. The van der Waals surface area contributed by atoms with Gasteiger partial charge in [0.25, 0.3) is 0 Å². The van der Waals surface area contributed by atoms with Crippen molar-refractivity contribution in [3.8, 4) is 27.4 Å². The molecule has 8 heteroatoms. The first-order chi connectivity index (χ1) is 11.2. The van der Waals surface area contributed by atoms with Crippen LogP contribution in [-0.2, 0) is 7.05 Å². The van der Waals surface area contributed by atoms with Crippen molar-refractivity contribution in [3.05, 3.63) is 35.9 Å². The van der Waals surface area contributed by atoms with E-state index in [-0.39, 0.29) is 0 Å². The van der Waals surface area contributed by atoms with Crippen molar-refractivity contribution in [1.29, 1.82) is 0 Å². The molecule has 0 aromatic carbocycles. The lowest BCUT2D eigenvalue weighted by Gasteiger charge is -2.07. The smallest absolute Gasteiger partial charge is 0.151 e. The number of rotatable bonds is 3. The van der Waals surface area contributed by atoms with Gasteiger partial charge in [-0.2, -0.15) is 10.2 Å². The summed E-state index contributed by atoms with van der Waals surface area (Å²) in [5.74, 6) is 0.742. The Labute approximate surface area is 136 Å². The average molecular weight is 326 g/mol. The van der Waals surface area contributed by atoms with Gasteiger partial charge in [-0.05, 0) is 13.0 Å². The maximum Gasteiger partial charge on any atom is 0.151 e. The fourth-order valence-electron chi connectivity index (χ4n) is 2.53. The maximum atomic E-state index is 5.59. The van der Waals surface area contributed by atoms with Gasteiger partial charge in [-0.1, -0.05) is 11.3 Å². The highest BCUT2D eigenvalue weighted by Crippen LogP contribution is 2.35. The molecule has 0 amide bonds. The van der Waals surface area contributed by atoms with Crippen LogP contribution in [0.1, 0.15) is 5.01 Å². The van der Waals surface area contributed by atoms with Crippen molar-refractivity contribution in [2.75, 3.05) is 7.11 Å². The Bertz CT molecular complexity index is 999. The molecule has 4 aromatic rings. The zero-order chi connectivity index (χ0) is 16.0. The molecule has 0 saturated heterocycles. The second kappa shape index (κ2) is 5.17. The molecular formula is C15H14N6OS. The van der Waals surface area contributed by atoms with Gasteiger partial charge < -0.3 is 4.74 Å². The number of hydrogen-bond acceptors (Lipinski definition) is 6. The molecule has 0 aliphatic heterocycles. The van der Waals surface area contributed by atoms with E-state index in [9.17, 15) is 0 Å². The summed E-state index contributed by atoms with van der Waals surface area (Å²) in [6.07, 6.45) is 7.54. The van der Waals surface area contributed by atoms with Crippen LogP contribution < -0.4 is 4.74 Å². The molecule has 4 heterocycles. The van der Waals surface area contributed by atoms with Crippen molar-refractivity contribution in [1.82, 2.24) is 29.6 Å². The van der Waals surface area contributed by atoms with E-state index < -0.39 is 0 Å². The molecule has 23 heavy (non-hydrogen) atoms. The molecule has 0 fully saturated rings. The summed E-state index contributed by atoms with van der Waals surface area (Å²) in [5.41, 5.74) is 3.81. The predicted molar refractivity (Wildman–Crippen MR) is 87.6 cm³/mol. The van der Waals surface area contributed by atoms with E-state index in [0.717, 1.165) is 38.0 Å². The molecule has 4 rings (SSSR count). The van der Waals surface area contributed by atoms with Crippen LogP contribution in [-0.4, -0.2) is 36.7 Å². The van der Waals surface area contributed by atoms with Crippen LogP contribution >= 0.6 is 11.3 Å². The molecule has 4 aromatic heterocycles. The first-order valence-electron chi connectivity index (χ1n) is 7.00. The summed E-state index contributed by atoms with van der Waals surface area (Å²) < 4.78 is 9.17. The summed E-state index contributed by atoms with van der Waals surface area (Å²) in [4.78, 5) is 0. The van der Waals surface area contributed by atoms with Gasteiger partial charge in [0, 0.05) is 30.6 Å². The van der Waals surface area contributed by atoms with Crippen molar-refractivity contribution in [3.63, 3.8) is 0 Å². The number of pyridine rings is 1.